The lowest BCUT2D eigenvalue weighted by Crippen LogP contribution is -2.13. The molecular formula is C8H8N2O4. The van der Waals surface area contributed by atoms with Gasteiger partial charge in [0.05, 0.1) is 5.56 Å². The highest BCUT2D eigenvalue weighted by atomic mass is 16.4. The fourth-order valence-electron chi connectivity index (χ4n) is 1.09. The quantitative estimate of drug-likeness (QED) is 0.629. The monoisotopic (exact) mass is 196 g/mol. The van der Waals surface area contributed by atoms with Crippen LogP contribution in [0.5, 0.6) is 0 Å². The molecule has 1 aromatic rings. The van der Waals surface area contributed by atoms with Gasteiger partial charge in [-0.3, -0.25) is 0 Å². The SMILES string of the molecule is Cc1cc(C(=O)O)c(C(=O)O)c(N)n1. The smallest absolute Gasteiger partial charge is 0.340 e. The molecule has 1 aromatic heterocycles. The molecule has 1 rings (SSSR count). The highest BCUT2D eigenvalue weighted by Gasteiger charge is 2.20. The van der Waals surface area contributed by atoms with Gasteiger partial charge in [0.15, 0.2) is 0 Å². The number of nitrogens with zero attached hydrogens (tertiary/aromatic N) is 1. The molecule has 0 unspecified atom stereocenters. The van der Waals surface area contributed by atoms with E-state index in [1.54, 1.807) is 0 Å². The van der Waals surface area contributed by atoms with Crippen LogP contribution in [0.1, 0.15) is 26.4 Å². The molecule has 0 saturated carbocycles. The Kier molecular flexibility index (Phi) is 2.37. The van der Waals surface area contributed by atoms with Crippen molar-refractivity contribution < 1.29 is 19.8 Å². The number of carboxylic acids is 2. The van der Waals surface area contributed by atoms with Crippen molar-refractivity contribution in [2.24, 2.45) is 0 Å². The molecule has 0 radical (unpaired) electrons. The standard InChI is InChI=1S/C8H8N2O4/c1-3-2-4(7(11)12)5(8(13)14)6(9)10-3/h2H,1H3,(H2,9,10)(H,11,12)(H,13,14). The summed E-state index contributed by atoms with van der Waals surface area (Å²) < 4.78 is 0. The number of hydrogen-bond donors (Lipinski definition) is 3. The zero-order valence-electron chi connectivity index (χ0n) is 7.31. The van der Waals surface area contributed by atoms with Gasteiger partial charge in [0.2, 0.25) is 0 Å². The minimum Gasteiger partial charge on any atom is -0.478 e. The number of aromatic nitrogens is 1. The van der Waals surface area contributed by atoms with Gasteiger partial charge in [-0.2, -0.15) is 0 Å². The molecule has 4 N–H and O–H groups in total. The van der Waals surface area contributed by atoms with E-state index >= 15 is 0 Å². The van der Waals surface area contributed by atoms with Gasteiger partial charge < -0.3 is 15.9 Å². The van der Waals surface area contributed by atoms with Crippen molar-refractivity contribution in [2.45, 2.75) is 6.92 Å². The first kappa shape index (κ1) is 9.97. The average Bonchev–Trinajstić information content (AvgIpc) is 2.01. The third-order valence-corrected chi connectivity index (χ3v) is 1.62. The van der Waals surface area contributed by atoms with E-state index in [4.69, 9.17) is 15.9 Å². The van der Waals surface area contributed by atoms with Crippen LogP contribution in [0.15, 0.2) is 6.07 Å². The predicted molar refractivity (Wildman–Crippen MR) is 47.3 cm³/mol. The molecular weight excluding hydrogens is 188 g/mol. The Morgan fingerprint density at radius 2 is 1.93 bits per heavy atom. The van der Waals surface area contributed by atoms with E-state index in [-0.39, 0.29) is 11.4 Å². The van der Waals surface area contributed by atoms with Crippen LogP contribution in [0.4, 0.5) is 5.82 Å². The molecule has 0 spiro atoms. The molecule has 0 atom stereocenters. The van der Waals surface area contributed by atoms with Crippen LogP contribution in [0.2, 0.25) is 0 Å². The summed E-state index contributed by atoms with van der Waals surface area (Å²) in [6, 6.07) is 1.17. The molecule has 6 heteroatoms. The summed E-state index contributed by atoms with van der Waals surface area (Å²) in [7, 11) is 0. The van der Waals surface area contributed by atoms with E-state index in [0.717, 1.165) is 0 Å². The van der Waals surface area contributed by atoms with Crippen molar-refractivity contribution >= 4 is 17.8 Å². The average molecular weight is 196 g/mol. The third-order valence-electron chi connectivity index (χ3n) is 1.62. The maximum absolute atomic E-state index is 10.7. The van der Waals surface area contributed by atoms with Crippen LogP contribution >= 0.6 is 0 Å². The number of aromatic carboxylic acids is 2. The fourth-order valence-corrected chi connectivity index (χ4v) is 1.09. The van der Waals surface area contributed by atoms with Crippen LogP contribution in [-0.4, -0.2) is 27.1 Å². The maximum Gasteiger partial charge on any atom is 0.340 e. The summed E-state index contributed by atoms with van der Waals surface area (Å²) in [5.74, 6) is -3.01. The van der Waals surface area contributed by atoms with Crippen molar-refractivity contribution in [1.29, 1.82) is 0 Å². The Hall–Kier alpha value is -2.11. The van der Waals surface area contributed by atoms with E-state index in [1.165, 1.54) is 13.0 Å². The molecule has 0 aromatic carbocycles. The molecule has 14 heavy (non-hydrogen) atoms. The topological polar surface area (TPSA) is 114 Å². The summed E-state index contributed by atoms with van der Waals surface area (Å²) in [6.45, 7) is 1.54. The van der Waals surface area contributed by atoms with Gasteiger partial charge >= 0.3 is 11.9 Å². The maximum atomic E-state index is 10.7. The van der Waals surface area contributed by atoms with Gasteiger partial charge in [0.1, 0.15) is 11.4 Å². The molecule has 0 fully saturated rings. The Morgan fingerprint density at radius 1 is 1.36 bits per heavy atom. The zero-order valence-corrected chi connectivity index (χ0v) is 7.31. The normalized spacial score (nSPS) is 9.79. The summed E-state index contributed by atoms with van der Waals surface area (Å²) in [5, 5.41) is 17.4. The number of carboxylic acid groups (broad SMARTS) is 2. The van der Waals surface area contributed by atoms with E-state index in [0.29, 0.717) is 5.69 Å². The molecule has 0 amide bonds. The number of aryl methyl sites for hydroxylation is 1. The molecule has 0 aliphatic heterocycles. The van der Waals surface area contributed by atoms with E-state index in [2.05, 4.69) is 4.98 Å². The van der Waals surface area contributed by atoms with E-state index in [9.17, 15) is 9.59 Å². The zero-order chi connectivity index (χ0) is 10.9. The van der Waals surface area contributed by atoms with Crippen molar-refractivity contribution in [1.82, 2.24) is 4.98 Å². The summed E-state index contributed by atoms with van der Waals surface area (Å²) in [4.78, 5) is 25.0. The van der Waals surface area contributed by atoms with Crippen molar-refractivity contribution in [3.63, 3.8) is 0 Å². The largest absolute Gasteiger partial charge is 0.478 e. The Balaban J connectivity index is 3.52. The predicted octanol–water partition coefficient (Wildman–Crippen LogP) is 0.369. The Labute approximate surface area is 79.0 Å². The molecule has 74 valence electrons. The first-order valence-corrected chi connectivity index (χ1v) is 3.67. The van der Waals surface area contributed by atoms with Crippen LogP contribution in [-0.2, 0) is 0 Å². The molecule has 0 aliphatic rings. The van der Waals surface area contributed by atoms with Crippen LogP contribution < -0.4 is 5.73 Å². The second-order valence-corrected chi connectivity index (χ2v) is 2.68. The van der Waals surface area contributed by atoms with E-state index < -0.39 is 17.5 Å². The van der Waals surface area contributed by atoms with Gasteiger partial charge in [-0.15, -0.1) is 0 Å². The lowest BCUT2D eigenvalue weighted by Gasteiger charge is -2.05. The van der Waals surface area contributed by atoms with Gasteiger partial charge in [-0.05, 0) is 13.0 Å². The lowest BCUT2D eigenvalue weighted by atomic mass is 10.1. The van der Waals surface area contributed by atoms with Gasteiger partial charge in [-0.1, -0.05) is 0 Å². The van der Waals surface area contributed by atoms with Gasteiger partial charge in [-0.25, -0.2) is 14.6 Å². The lowest BCUT2D eigenvalue weighted by molar-refractivity contribution is 0.0652. The van der Waals surface area contributed by atoms with Crippen LogP contribution in [0.3, 0.4) is 0 Å². The first-order valence-electron chi connectivity index (χ1n) is 3.67. The first-order chi connectivity index (χ1) is 6.43. The van der Waals surface area contributed by atoms with E-state index in [1.807, 2.05) is 0 Å². The number of rotatable bonds is 2. The van der Waals surface area contributed by atoms with Gasteiger partial charge in [0.25, 0.3) is 0 Å². The number of hydrogen-bond acceptors (Lipinski definition) is 4. The summed E-state index contributed by atoms with van der Waals surface area (Å²) in [5.41, 5.74) is 4.86. The van der Waals surface area contributed by atoms with Crippen LogP contribution in [0, 0.1) is 6.92 Å². The fraction of sp³-hybridized carbons (Fsp3) is 0.125. The van der Waals surface area contributed by atoms with Crippen molar-refractivity contribution in [3.05, 3.63) is 22.9 Å². The molecule has 6 nitrogen and oxygen atoms in total. The second kappa shape index (κ2) is 3.33. The number of anilines is 1. The number of carbonyl (C=O) groups is 2. The summed E-state index contributed by atoms with van der Waals surface area (Å²) >= 11 is 0. The van der Waals surface area contributed by atoms with Gasteiger partial charge in [0, 0.05) is 5.69 Å². The molecule has 0 aliphatic carbocycles. The highest BCUT2D eigenvalue weighted by molar-refractivity contribution is 6.04. The molecule has 1 heterocycles. The highest BCUT2D eigenvalue weighted by Crippen LogP contribution is 2.16. The second-order valence-electron chi connectivity index (χ2n) is 2.68. The van der Waals surface area contributed by atoms with Crippen LogP contribution in [0.25, 0.3) is 0 Å². The van der Waals surface area contributed by atoms with Crippen molar-refractivity contribution in [3.8, 4) is 0 Å². The molecule has 0 saturated heterocycles. The third kappa shape index (κ3) is 1.63. The number of nitrogen functional groups attached to an aromatic ring is 1. The number of pyridine rings is 1. The molecule has 0 bridgehead atoms. The summed E-state index contributed by atoms with van der Waals surface area (Å²) in [6.07, 6.45) is 0. The minimum absolute atomic E-state index is 0.282. The Morgan fingerprint density at radius 3 is 2.36 bits per heavy atom. The minimum atomic E-state index is -1.40. The Bertz CT molecular complexity index is 414. The van der Waals surface area contributed by atoms with Crippen molar-refractivity contribution in [2.75, 3.05) is 5.73 Å². The number of nitrogens with two attached hydrogens (primary N) is 1.